The molecule has 0 bridgehead atoms. The Labute approximate surface area is 182 Å². The lowest BCUT2D eigenvalue weighted by atomic mass is 9.57. The Hall–Kier alpha value is -3.57. The molecule has 1 aromatic carbocycles. The normalized spacial score (nSPS) is 29.7. The van der Waals surface area contributed by atoms with E-state index in [9.17, 15) is 34.8 Å². The van der Waals surface area contributed by atoms with Crippen LogP contribution in [0.4, 0.5) is 11.4 Å². The molecule has 0 aliphatic heterocycles. The fraction of sp³-hybridized carbons (Fsp3) is 0.381. The van der Waals surface area contributed by atoms with Crippen LogP contribution in [0.3, 0.4) is 0 Å². The van der Waals surface area contributed by atoms with Crippen LogP contribution in [0, 0.1) is 11.8 Å². The van der Waals surface area contributed by atoms with Crippen molar-refractivity contribution in [3.63, 3.8) is 0 Å². The van der Waals surface area contributed by atoms with E-state index in [0.29, 0.717) is 5.56 Å². The number of Topliss-reactive ketones (excluding diaryl/α,β-unsaturated/α-hetero) is 2. The zero-order valence-corrected chi connectivity index (χ0v) is 17.4. The van der Waals surface area contributed by atoms with Crippen LogP contribution >= 0.6 is 0 Å². The summed E-state index contributed by atoms with van der Waals surface area (Å²) >= 11 is 0. The van der Waals surface area contributed by atoms with E-state index in [1.807, 2.05) is 0 Å². The molecule has 0 saturated heterocycles. The first-order valence-electron chi connectivity index (χ1n) is 9.88. The summed E-state index contributed by atoms with van der Waals surface area (Å²) in [6.45, 7) is 0. The van der Waals surface area contributed by atoms with E-state index in [1.54, 1.807) is 0 Å². The Morgan fingerprint density at radius 2 is 1.78 bits per heavy atom. The first-order valence-corrected chi connectivity index (χ1v) is 9.88. The number of carbonyl (C=O) groups excluding carboxylic acids is 3. The van der Waals surface area contributed by atoms with Gasteiger partial charge in [-0.15, -0.1) is 0 Å². The van der Waals surface area contributed by atoms with E-state index in [4.69, 9.17) is 17.2 Å². The summed E-state index contributed by atoms with van der Waals surface area (Å²) in [7, 11) is 3.07. The number of nitrogen functional groups attached to an aromatic ring is 2. The second kappa shape index (κ2) is 6.71. The van der Waals surface area contributed by atoms with E-state index < -0.39 is 63.8 Å². The molecule has 3 aliphatic carbocycles. The highest BCUT2D eigenvalue weighted by Gasteiger charge is 2.64. The SMILES string of the molecule is CN(C)[C@@H]1C(=O)C(C(N)=O)=C(O)[C@@]2(O)C(=O)C3=C(O)c4c(O)c(N)cc(N)c4C[C@H]3C[C@@H]12. The van der Waals surface area contributed by atoms with E-state index >= 15 is 0 Å². The van der Waals surface area contributed by atoms with Crippen molar-refractivity contribution in [1.82, 2.24) is 4.90 Å². The van der Waals surface area contributed by atoms with Crippen molar-refractivity contribution >= 4 is 34.6 Å². The predicted molar refractivity (Wildman–Crippen MR) is 113 cm³/mol. The molecule has 0 radical (unpaired) electrons. The molecule has 1 amide bonds. The van der Waals surface area contributed by atoms with Gasteiger partial charge in [-0.3, -0.25) is 19.3 Å². The number of hydrogen-bond donors (Lipinski definition) is 7. The minimum absolute atomic E-state index is 0.00363. The number of phenolic OH excluding ortho intramolecular Hbond substituents is 1. The molecule has 10 N–H and O–H groups in total. The molecule has 0 heterocycles. The molecule has 1 aromatic rings. The van der Waals surface area contributed by atoms with Gasteiger partial charge in [-0.1, -0.05) is 0 Å². The molecule has 170 valence electrons. The number of benzene rings is 1. The van der Waals surface area contributed by atoms with Gasteiger partial charge in [0.1, 0.15) is 22.8 Å². The summed E-state index contributed by atoms with van der Waals surface area (Å²) in [5, 5.41) is 43.6. The maximum Gasteiger partial charge on any atom is 0.255 e. The third-order valence-electron chi connectivity index (χ3n) is 6.78. The Bertz CT molecular complexity index is 1170. The second-order valence-electron chi connectivity index (χ2n) is 8.72. The number of nitrogens with two attached hydrogens (primary N) is 3. The lowest BCUT2D eigenvalue weighted by molar-refractivity contribution is -0.153. The van der Waals surface area contributed by atoms with Gasteiger partial charge in [-0.25, -0.2) is 0 Å². The first-order chi connectivity index (χ1) is 14.8. The van der Waals surface area contributed by atoms with Crippen molar-refractivity contribution in [3.05, 3.63) is 34.1 Å². The van der Waals surface area contributed by atoms with Gasteiger partial charge in [-0.05, 0) is 44.5 Å². The van der Waals surface area contributed by atoms with Crippen LogP contribution < -0.4 is 17.2 Å². The second-order valence-corrected chi connectivity index (χ2v) is 8.72. The molecule has 0 unspecified atom stereocenters. The molecule has 3 aliphatic rings. The lowest BCUT2D eigenvalue weighted by Crippen LogP contribution is -2.65. The Morgan fingerprint density at radius 1 is 1.16 bits per heavy atom. The number of anilines is 2. The number of rotatable bonds is 2. The van der Waals surface area contributed by atoms with Crippen LogP contribution in [0.25, 0.3) is 5.76 Å². The van der Waals surface area contributed by atoms with Crippen molar-refractivity contribution in [3.8, 4) is 5.75 Å². The highest BCUT2D eigenvalue weighted by atomic mass is 16.3. The fourth-order valence-corrected chi connectivity index (χ4v) is 5.36. The van der Waals surface area contributed by atoms with Crippen LogP contribution in [-0.4, -0.2) is 68.5 Å². The quantitative estimate of drug-likeness (QED) is 0.129. The van der Waals surface area contributed by atoms with Crippen LogP contribution in [0.15, 0.2) is 23.0 Å². The third kappa shape index (κ3) is 2.52. The van der Waals surface area contributed by atoms with Crippen LogP contribution in [-0.2, 0) is 20.8 Å². The minimum atomic E-state index is -2.67. The Morgan fingerprint density at radius 3 is 2.34 bits per heavy atom. The van der Waals surface area contributed by atoms with Gasteiger partial charge < -0.3 is 37.6 Å². The summed E-state index contributed by atoms with van der Waals surface area (Å²) in [6, 6.07) is 0.207. The first kappa shape index (κ1) is 21.7. The average molecular weight is 444 g/mol. The van der Waals surface area contributed by atoms with Gasteiger partial charge in [0.05, 0.1) is 17.3 Å². The standard InChI is InChI=1S/C21H24N4O7/c1-25(2)14-8-4-6-3-7-9(22)5-10(23)15(26)12(7)16(27)11(6)18(29)21(8,32)19(30)13(17(14)28)20(24)31/h5-6,8,14,26-27,30,32H,3-4,22-23H2,1-2H3,(H2,24,31)/t6-,8-,14-,21-/m0/s1. The monoisotopic (exact) mass is 444 g/mol. The van der Waals surface area contributed by atoms with Crippen LogP contribution in [0.5, 0.6) is 5.75 Å². The molecule has 0 aromatic heterocycles. The molecule has 4 rings (SSSR count). The maximum atomic E-state index is 13.6. The summed E-state index contributed by atoms with van der Waals surface area (Å²) in [5.74, 6) is -7.22. The topological polar surface area (TPSA) is 213 Å². The number of fused-ring (bicyclic) bond motifs is 3. The largest absolute Gasteiger partial charge is 0.508 e. The van der Waals surface area contributed by atoms with Gasteiger partial charge in [0.2, 0.25) is 5.78 Å². The molecular formula is C21H24N4O7. The summed E-state index contributed by atoms with van der Waals surface area (Å²) in [4.78, 5) is 39.9. The number of amides is 1. The fourth-order valence-electron chi connectivity index (χ4n) is 5.36. The van der Waals surface area contributed by atoms with E-state index in [1.165, 1.54) is 25.1 Å². The highest BCUT2D eigenvalue weighted by molar-refractivity contribution is 6.24. The van der Waals surface area contributed by atoms with E-state index in [2.05, 4.69) is 0 Å². The van der Waals surface area contributed by atoms with Crippen molar-refractivity contribution in [2.24, 2.45) is 17.6 Å². The maximum absolute atomic E-state index is 13.6. The number of aliphatic hydroxyl groups is 3. The average Bonchev–Trinajstić information content (AvgIpc) is 2.68. The van der Waals surface area contributed by atoms with Gasteiger partial charge in [0.15, 0.2) is 11.4 Å². The molecular weight excluding hydrogens is 420 g/mol. The zero-order chi connectivity index (χ0) is 23.9. The number of phenols is 1. The van der Waals surface area contributed by atoms with Crippen molar-refractivity contribution in [2.75, 3.05) is 25.6 Å². The molecule has 11 heteroatoms. The van der Waals surface area contributed by atoms with Crippen molar-refractivity contribution in [2.45, 2.75) is 24.5 Å². The lowest BCUT2D eigenvalue weighted by Gasteiger charge is -2.50. The highest BCUT2D eigenvalue weighted by Crippen LogP contribution is 2.53. The van der Waals surface area contributed by atoms with E-state index in [0.717, 1.165) is 0 Å². The molecule has 4 atom stereocenters. The number of aliphatic hydroxyl groups excluding tert-OH is 2. The van der Waals surface area contributed by atoms with Gasteiger partial charge in [0, 0.05) is 17.2 Å². The number of aromatic hydroxyl groups is 1. The smallest absolute Gasteiger partial charge is 0.255 e. The molecule has 11 nitrogen and oxygen atoms in total. The van der Waals surface area contributed by atoms with Crippen LogP contribution in [0.2, 0.25) is 0 Å². The van der Waals surface area contributed by atoms with Crippen molar-refractivity contribution in [1.29, 1.82) is 0 Å². The van der Waals surface area contributed by atoms with Gasteiger partial charge in [0.25, 0.3) is 5.91 Å². The van der Waals surface area contributed by atoms with Gasteiger partial charge in [-0.2, -0.15) is 0 Å². The molecule has 32 heavy (non-hydrogen) atoms. The number of hydrogen-bond acceptors (Lipinski definition) is 10. The number of ketones is 2. The zero-order valence-electron chi connectivity index (χ0n) is 17.4. The number of primary amides is 1. The molecule has 1 fully saturated rings. The van der Waals surface area contributed by atoms with Crippen LogP contribution in [0.1, 0.15) is 17.5 Å². The molecule has 1 saturated carbocycles. The van der Waals surface area contributed by atoms with E-state index in [-0.39, 0.29) is 35.4 Å². The summed E-state index contributed by atoms with van der Waals surface area (Å²) in [6.07, 6.45) is 0.116. The summed E-state index contributed by atoms with van der Waals surface area (Å²) < 4.78 is 0. The van der Waals surface area contributed by atoms with Crippen molar-refractivity contribution < 1.29 is 34.8 Å². The Balaban J connectivity index is 2.00. The Kier molecular flexibility index (Phi) is 4.54. The number of carbonyl (C=O) groups is 3. The third-order valence-corrected chi connectivity index (χ3v) is 6.78. The molecule has 0 spiro atoms. The minimum Gasteiger partial charge on any atom is -0.508 e. The number of likely N-dealkylation sites (N-methyl/N-ethyl adjacent to an activating group) is 1. The number of nitrogens with zero attached hydrogens (tertiary/aromatic N) is 1. The predicted octanol–water partition coefficient (Wildman–Crippen LogP) is -0.872. The van der Waals surface area contributed by atoms with Gasteiger partial charge >= 0.3 is 0 Å². The summed E-state index contributed by atoms with van der Waals surface area (Å²) in [5.41, 5.74) is 13.6.